The standard InChI is InChI=1S/C12H22N2O3/c15-10-5-3-1-2-4-9(10)14-12(6-11(16)17)7-13-8-12/h9-10,13-15H,1-8H2,(H,16,17). The third kappa shape index (κ3) is 3.18. The van der Waals surface area contributed by atoms with Crippen LogP contribution in [-0.2, 0) is 4.79 Å². The summed E-state index contributed by atoms with van der Waals surface area (Å²) in [5.74, 6) is -0.776. The smallest absolute Gasteiger partial charge is 0.305 e. The molecule has 2 aliphatic rings. The van der Waals surface area contributed by atoms with Crippen molar-refractivity contribution in [3.63, 3.8) is 0 Å². The van der Waals surface area contributed by atoms with Gasteiger partial charge in [0.25, 0.3) is 0 Å². The quantitative estimate of drug-likeness (QED) is 0.525. The molecule has 17 heavy (non-hydrogen) atoms. The summed E-state index contributed by atoms with van der Waals surface area (Å²) < 4.78 is 0. The molecule has 0 aromatic rings. The first-order valence-electron chi connectivity index (χ1n) is 6.50. The lowest BCUT2D eigenvalue weighted by molar-refractivity contribution is -0.139. The van der Waals surface area contributed by atoms with Gasteiger partial charge in [0, 0.05) is 19.1 Å². The fraction of sp³-hybridized carbons (Fsp3) is 0.917. The number of carboxylic acid groups (broad SMARTS) is 1. The summed E-state index contributed by atoms with van der Waals surface area (Å²) in [6.45, 7) is 1.37. The molecule has 0 bridgehead atoms. The molecule has 2 fully saturated rings. The Labute approximate surface area is 102 Å². The zero-order valence-corrected chi connectivity index (χ0v) is 10.1. The van der Waals surface area contributed by atoms with Crippen molar-refractivity contribution >= 4 is 5.97 Å². The minimum absolute atomic E-state index is 0.0546. The van der Waals surface area contributed by atoms with Crippen molar-refractivity contribution in [2.45, 2.75) is 56.2 Å². The Morgan fingerprint density at radius 3 is 2.59 bits per heavy atom. The normalized spacial score (nSPS) is 32.5. The van der Waals surface area contributed by atoms with Crippen LogP contribution in [0.3, 0.4) is 0 Å². The highest BCUT2D eigenvalue weighted by atomic mass is 16.4. The fourth-order valence-electron chi connectivity index (χ4n) is 2.84. The number of aliphatic hydroxyl groups excluding tert-OH is 1. The average molecular weight is 242 g/mol. The molecule has 2 atom stereocenters. The van der Waals surface area contributed by atoms with Gasteiger partial charge >= 0.3 is 5.97 Å². The molecule has 0 amide bonds. The third-order valence-electron chi connectivity index (χ3n) is 3.89. The Morgan fingerprint density at radius 2 is 2.00 bits per heavy atom. The van der Waals surface area contributed by atoms with Gasteiger partial charge in [0.1, 0.15) is 0 Å². The van der Waals surface area contributed by atoms with Gasteiger partial charge in [-0.25, -0.2) is 0 Å². The molecule has 2 rings (SSSR count). The second kappa shape index (κ2) is 5.33. The summed E-state index contributed by atoms with van der Waals surface area (Å²) in [6, 6.07) is 0.0546. The SMILES string of the molecule is O=C(O)CC1(NC2CCCCCC2O)CNC1. The van der Waals surface area contributed by atoms with E-state index in [2.05, 4.69) is 10.6 Å². The van der Waals surface area contributed by atoms with Crippen LogP contribution in [0.1, 0.15) is 38.5 Å². The van der Waals surface area contributed by atoms with Gasteiger partial charge < -0.3 is 20.8 Å². The van der Waals surface area contributed by atoms with Gasteiger partial charge in [-0.05, 0) is 12.8 Å². The van der Waals surface area contributed by atoms with Gasteiger partial charge in [0.2, 0.25) is 0 Å². The van der Waals surface area contributed by atoms with E-state index in [1.165, 1.54) is 6.42 Å². The van der Waals surface area contributed by atoms with Crippen molar-refractivity contribution in [3.05, 3.63) is 0 Å². The van der Waals surface area contributed by atoms with E-state index in [-0.39, 0.29) is 24.1 Å². The van der Waals surface area contributed by atoms with Crippen LogP contribution in [0.2, 0.25) is 0 Å². The van der Waals surface area contributed by atoms with Crippen LogP contribution >= 0.6 is 0 Å². The number of aliphatic hydroxyl groups is 1. The number of nitrogens with one attached hydrogen (secondary N) is 2. The molecule has 1 aliphatic carbocycles. The maximum Gasteiger partial charge on any atom is 0.305 e. The Morgan fingerprint density at radius 1 is 1.29 bits per heavy atom. The molecule has 4 N–H and O–H groups in total. The van der Waals surface area contributed by atoms with Gasteiger partial charge in [-0.2, -0.15) is 0 Å². The molecular formula is C12H22N2O3. The molecule has 0 radical (unpaired) electrons. The molecule has 1 saturated heterocycles. The van der Waals surface area contributed by atoms with Crippen LogP contribution in [0.5, 0.6) is 0 Å². The molecule has 2 unspecified atom stereocenters. The second-order valence-electron chi connectivity index (χ2n) is 5.41. The minimum atomic E-state index is -0.776. The Kier molecular flexibility index (Phi) is 4.01. The monoisotopic (exact) mass is 242 g/mol. The van der Waals surface area contributed by atoms with Gasteiger partial charge in [0.15, 0.2) is 0 Å². The number of hydrogen-bond acceptors (Lipinski definition) is 4. The van der Waals surface area contributed by atoms with Crippen LogP contribution in [0.4, 0.5) is 0 Å². The second-order valence-corrected chi connectivity index (χ2v) is 5.41. The highest BCUT2D eigenvalue weighted by Gasteiger charge is 2.41. The molecule has 1 heterocycles. The van der Waals surface area contributed by atoms with E-state index < -0.39 is 5.97 Å². The molecule has 0 aromatic heterocycles. The van der Waals surface area contributed by atoms with Gasteiger partial charge in [-0.15, -0.1) is 0 Å². The fourth-order valence-corrected chi connectivity index (χ4v) is 2.84. The molecule has 1 aliphatic heterocycles. The molecular weight excluding hydrogens is 220 g/mol. The number of carboxylic acids is 1. The number of rotatable bonds is 4. The van der Waals surface area contributed by atoms with Crippen LogP contribution < -0.4 is 10.6 Å². The summed E-state index contributed by atoms with van der Waals surface area (Å²) >= 11 is 0. The first kappa shape index (κ1) is 12.8. The summed E-state index contributed by atoms with van der Waals surface area (Å²) in [6.07, 6.45) is 4.93. The molecule has 98 valence electrons. The largest absolute Gasteiger partial charge is 0.481 e. The summed E-state index contributed by atoms with van der Waals surface area (Å²) in [5.41, 5.74) is -0.345. The van der Waals surface area contributed by atoms with Crippen molar-refractivity contribution in [2.75, 3.05) is 13.1 Å². The Bertz CT molecular complexity index is 279. The summed E-state index contributed by atoms with van der Waals surface area (Å²) in [5, 5.41) is 25.5. The van der Waals surface area contributed by atoms with Gasteiger partial charge in [0.05, 0.1) is 18.1 Å². The molecule has 0 aromatic carbocycles. The van der Waals surface area contributed by atoms with Gasteiger partial charge in [-0.3, -0.25) is 4.79 Å². The van der Waals surface area contributed by atoms with Crippen LogP contribution in [0.25, 0.3) is 0 Å². The van der Waals surface area contributed by atoms with Gasteiger partial charge in [-0.1, -0.05) is 19.3 Å². The zero-order valence-electron chi connectivity index (χ0n) is 10.1. The lowest BCUT2D eigenvalue weighted by atomic mass is 9.86. The molecule has 0 spiro atoms. The third-order valence-corrected chi connectivity index (χ3v) is 3.89. The zero-order chi connectivity index (χ0) is 12.3. The predicted molar refractivity (Wildman–Crippen MR) is 63.9 cm³/mol. The van der Waals surface area contributed by atoms with Crippen molar-refractivity contribution in [1.82, 2.24) is 10.6 Å². The van der Waals surface area contributed by atoms with Crippen molar-refractivity contribution in [2.24, 2.45) is 0 Å². The number of carbonyl (C=O) groups is 1. The summed E-state index contributed by atoms with van der Waals surface area (Å²) in [7, 11) is 0. The maximum atomic E-state index is 10.9. The number of hydrogen-bond donors (Lipinski definition) is 4. The first-order chi connectivity index (χ1) is 8.11. The van der Waals surface area contributed by atoms with E-state index in [0.29, 0.717) is 13.1 Å². The highest BCUT2D eigenvalue weighted by Crippen LogP contribution is 2.23. The highest BCUT2D eigenvalue weighted by molar-refractivity contribution is 5.68. The Hall–Kier alpha value is -0.650. The van der Waals surface area contributed by atoms with E-state index in [4.69, 9.17) is 5.11 Å². The van der Waals surface area contributed by atoms with E-state index in [1.54, 1.807) is 0 Å². The topological polar surface area (TPSA) is 81.6 Å². The van der Waals surface area contributed by atoms with Crippen LogP contribution in [0.15, 0.2) is 0 Å². The Balaban J connectivity index is 1.94. The first-order valence-corrected chi connectivity index (χ1v) is 6.50. The number of aliphatic carboxylic acids is 1. The van der Waals surface area contributed by atoms with Crippen molar-refractivity contribution < 1.29 is 15.0 Å². The average Bonchev–Trinajstić information content (AvgIpc) is 2.40. The molecule has 1 saturated carbocycles. The van der Waals surface area contributed by atoms with E-state index in [1.807, 2.05) is 0 Å². The molecule has 5 heteroatoms. The van der Waals surface area contributed by atoms with E-state index >= 15 is 0 Å². The van der Waals surface area contributed by atoms with Crippen molar-refractivity contribution in [1.29, 1.82) is 0 Å². The minimum Gasteiger partial charge on any atom is -0.481 e. The van der Waals surface area contributed by atoms with E-state index in [9.17, 15) is 9.90 Å². The lowest BCUT2D eigenvalue weighted by Gasteiger charge is -2.45. The maximum absolute atomic E-state index is 10.9. The van der Waals surface area contributed by atoms with Crippen LogP contribution in [0, 0.1) is 0 Å². The predicted octanol–water partition coefficient (Wildman–Crippen LogP) is 0.0863. The lowest BCUT2D eigenvalue weighted by Crippen LogP contribution is -2.71. The summed E-state index contributed by atoms with van der Waals surface area (Å²) in [4.78, 5) is 10.9. The van der Waals surface area contributed by atoms with Crippen molar-refractivity contribution in [3.8, 4) is 0 Å². The van der Waals surface area contributed by atoms with E-state index in [0.717, 1.165) is 25.7 Å². The van der Waals surface area contributed by atoms with Crippen LogP contribution in [-0.4, -0.2) is 47.0 Å². The molecule has 5 nitrogen and oxygen atoms in total.